The van der Waals surface area contributed by atoms with Crippen molar-refractivity contribution in [2.45, 2.75) is 25.0 Å². The van der Waals surface area contributed by atoms with E-state index in [9.17, 15) is 13.9 Å². The highest BCUT2D eigenvalue weighted by atomic mass is 127. The van der Waals surface area contributed by atoms with Crippen LogP contribution in [0.1, 0.15) is 29.0 Å². The molecule has 2 aromatic carbocycles. The third-order valence-corrected chi connectivity index (χ3v) is 6.26. The average Bonchev–Trinajstić information content (AvgIpc) is 3.47. The van der Waals surface area contributed by atoms with Gasteiger partial charge in [-0.05, 0) is 35.3 Å². The maximum Gasteiger partial charge on any atom is 0.306 e. The first-order chi connectivity index (χ1) is 14.9. The maximum absolute atomic E-state index is 14.7. The molecule has 32 heavy (non-hydrogen) atoms. The van der Waals surface area contributed by atoms with E-state index in [1.807, 2.05) is 5.38 Å². The monoisotopic (exact) mass is 565 g/mol. The standard InChI is InChI=1S/C22H17F2N5OS.HI/c1-14(21-28-20(10-31-21)16-4-2-15(9-25)3-5-16)22(30,11-29-13-26-12-27-29)18-8-17(23)6-7-19(18)24;/h2-8,10,12-14,30H,11H2,1H3;1H/t14-,22+;/m0./s1. The van der Waals surface area contributed by atoms with Gasteiger partial charge in [0, 0.05) is 22.4 Å². The molecule has 2 aromatic heterocycles. The summed E-state index contributed by atoms with van der Waals surface area (Å²) in [6, 6.07) is 12.1. The zero-order valence-corrected chi connectivity index (χ0v) is 19.8. The van der Waals surface area contributed by atoms with E-state index in [1.165, 1.54) is 28.7 Å². The van der Waals surface area contributed by atoms with E-state index in [2.05, 4.69) is 21.1 Å². The van der Waals surface area contributed by atoms with Gasteiger partial charge in [0.15, 0.2) is 0 Å². The van der Waals surface area contributed by atoms with Crippen molar-refractivity contribution in [1.82, 2.24) is 15.1 Å². The highest BCUT2D eigenvalue weighted by Crippen LogP contribution is 2.40. The molecule has 0 aliphatic rings. The normalized spacial score (nSPS) is 13.6. The quantitative estimate of drug-likeness (QED) is 0.266. The minimum atomic E-state index is -1.80. The summed E-state index contributed by atoms with van der Waals surface area (Å²) >= 11 is 1.32. The summed E-state index contributed by atoms with van der Waals surface area (Å²) < 4.78 is 30.2. The molecule has 0 fully saturated rings. The highest BCUT2D eigenvalue weighted by molar-refractivity contribution is 7.10. The van der Waals surface area contributed by atoms with Crippen LogP contribution in [0.3, 0.4) is 0 Å². The fraction of sp³-hybridized carbons (Fsp3) is 0.182. The van der Waals surface area contributed by atoms with Crippen molar-refractivity contribution in [2.75, 3.05) is 0 Å². The van der Waals surface area contributed by atoms with Crippen molar-refractivity contribution in [3.63, 3.8) is 0 Å². The molecule has 10 heteroatoms. The third kappa shape index (κ3) is 4.69. The van der Waals surface area contributed by atoms with E-state index in [1.54, 1.807) is 31.2 Å². The number of benzene rings is 2. The molecular formula is C22H18F2IN5OS. The Kier molecular flexibility index (Phi) is 7.33. The van der Waals surface area contributed by atoms with Crippen molar-refractivity contribution in [2.24, 2.45) is 0 Å². The second-order valence-corrected chi connectivity index (χ2v) is 8.07. The number of nitriles is 1. The van der Waals surface area contributed by atoms with Gasteiger partial charge < -0.3 is 29.1 Å². The van der Waals surface area contributed by atoms with Crippen LogP contribution in [0.2, 0.25) is 0 Å². The fourth-order valence-electron chi connectivity index (χ4n) is 3.42. The number of nitrogens with one attached hydrogen (secondary N) is 1. The lowest BCUT2D eigenvalue weighted by molar-refractivity contribution is -0.764. The molecule has 0 amide bonds. The van der Waals surface area contributed by atoms with Crippen LogP contribution in [0, 0.1) is 23.0 Å². The van der Waals surface area contributed by atoms with Crippen LogP contribution >= 0.6 is 11.3 Å². The van der Waals surface area contributed by atoms with Crippen molar-refractivity contribution in [3.8, 4) is 17.3 Å². The molecular weight excluding hydrogens is 547 g/mol. The predicted octanol–water partition coefficient (Wildman–Crippen LogP) is 0.666. The minimum Gasteiger partial charge on any atom is -1.00 e. The molecule has 6 nitrogen and oxygen atoms in total. The molecule has 0 aliphatic heterocycles. The largest absolute Gasteiger partial charge is 1.00 e. The molecule has 4 rings (SSSR count). The molecule has 0 unspecified atom stereocenters. The van der Waals surface area contributed by atoms with E-state index in [-0.39, 0.29) is 36.1 Å². The lowest BCUT2D eigenvalue weighted by atomic mass is 9.82. The van der Waals surface area contributed by atoms with Crippen LogP contribution in [-0.2, 0) is 12.1 Å². The summed E-state index contributed by atoms with van der Waals surface area (Å²) in [5.41, 5.74) is 0.0745. The Hall–Kier alpha value is -2.75. The number of aromatic amines is 1. The van der Waals surface area contributed by atoms with Gasteiger partial charge in [-0.1, -0.05) is 19.1 Å². The first kappa shape index (κ1) is 23.9. The maximum atomic E-state index is 14.7. The molecule has 4 aromatic rings. The van der Waals surface area contributed by atoms with Crippen LogP contribution in [0.25, 0.3) is 11.3 Å². The number of halogens is 3. The molecule has 2 atom stereocenters. The van der Waals surface area contributed by atoms with Crippen LogP contribution in [-0.4, -0.2) is 20.2 Å². The van der Waals surface area contributed by atoms with E-state index in [0.717, 1.165) is 23.8 Å². The van der Waals surface area contributed by atoms with E-state index in [4.69, 9.17) is 5.26 Å². The molecule has 2 N–H and O–H groups in total. The molecule has 0 saturated carbocycles. The number of thiazole rings is 1. The van der Waals surface area contributed by atoms with Crippen molar-refractivity contribution < 1.29 is 42.5 Å². The molecule has 0 radical (unpaired) electrons. The number of aliphatic hydroxyl groups is 1. The summed E-state index contributed by atoms with van der Waals surface area (Å²) in [6.45, 7) is 1.64. The van der Waals surface area contributed by atoms with Crippen LogP contribution in [0.4, 0.5) is 8.78 Å². The number of hydrogen-bond donors (Lipinski definition) is 2. The van der Waals surface area contributed by atoms with Crippen LogP contribution < -0.4 is 28.7 Å². The Labute approximate surface area is 204 Å². The molecule has 0 saturated heterocycles. The zero-order valence-electron chi connectivity index (χ0n) is 16.8. The van der Waals surface area contributed by atoms with Gasteiger partial charge in [0.2, 0.25) is 6.33 Å². The summed E-state index contributed by atoms with van der Waals surface area (Å²) in [6.07, 6.45) is 2.89. The van der Waals surface area contributed by atoms with Gasteiger partial charge in [-0.15, -0.1) is 11.3 Å². The van der Waals surface area contributed by atoms with Crippen molar-refractivity contribution >= 4 is 11.3 Å². The number of H-pyrrole nitrogens is 1. The Morgan fingerprint density at radius 2 is 2.00 bits per heavy atom. The molecule has 0 aliphatic carbocycles. The summed E-state index contributed by atoms with van der Waals surface area (Å²) in [4.78, 5) is 8.56. The zero-order chi connectivity index (χ0) is 22.0. The Morgan fingerprint density at radius 1 is 1.25 bits per heavy atom. The van der Waals surface area contributed by atoms with Gasteiger partial charge in [0.25, 0.3) is 0 Å². The Morgan fingerprint density at radius 3 is 2.66 bits per heavy atom. The first-order valence-corrected chi connectivity index (χ1v) is 10.3. The third-order valence-electron chi connectivity index (χ3n) is 5.23. The summed E-state index contributed by atoms with van der Waals surface area (Å²) in [5.74, 6) is -2.02. The number of hydrogen-bond acceptors (Lipinski definition) is 5. The fourth-order valence-corrected chi connectivity index (χ4v) is 4.40. The van der Waals surface area contributed by atoms with Gasteiger partial charge >= 0.3 is 6.33 Å². The predicted molar refractivity (Wildman–Crippen MR) is 110 cm³/mol. The van der Waals surface area contributed by atoms with Crippen molar-refractivity contribution in [3.05, 3.63) is 88.3 Å². The molecule has 0 bridgehead atoms. The number of rotatable bonds is 6. The van der Waals surface area contributed by atoms with Crippen LogP contribution in [0.5, 0.6) is 0 Å². The van der Waals surface area contributed by atoms with E-state index in [0.29, 0.717) is 16.3 Å². The van der Waals surface area contributed by atoms with Gasteiger partial charge in [-0.3, -0.25) is 0 Å². The summed E-state index contributed by atoms with van der Waals surface area (Å²) in [5, 5.41) is 25.9. The minimum absolute atomic E-state index is 0. The Bertz CT molecular complexity index is 1240. The second-order valence-electron chi connectivity index (χ2n) is 7.18. The number of aromatic nitrogens is 4. The molecule has 2 heterocycles. The van der Waals surface area contributed by atoms with Gasteiger partial charge in [-0.25, -0.2) is 13.8 Å². The highest BCUT2D eigenvalue weighted by Gasteiger charge is 2.43. The first-order valence-electron chi connectivity index (χ1n) is 9.42. The van der Waals surface area contributed by atoms with E-state index < -0.39 is 23.2 Å². The lowest BCUT2D eigenvalue weighted by Gasteiger charge is -2.32. The molecule has 164 valence electrons. The molecule has 0 spiro atoms. The summed E-state index contributed by atoms with van der Waals surface area (Å²) in [7, 11) is 0. The van der Waals surface area contributed by atoms with Crippen molar-refractivity contribution in [1.29, 1.82) is 5.26 Å². The van der Waals surface area contributed by atoms with E-state index >= 15 is 0 Å². The van der Waals surface area contributed by atoms with Crippen LogP contribution in [0.15, 0.2) is 60.5 Å². The lowest BCUT2D eigenvalue weighted by Crippen LogP contribution is -3.00. The SMILES string of the molecule is C[C@@H](c1nc(-c2ccc(C#N)cc2)cs1)[C@](O)(C[n+]1cnc[nH]1)c1cc(F)ccc1F.[I-]. The second kappa shape index (κ2) is 9.81. The van der Waals surface area contributed by atoms with Gasteiger partial charge in [-0.2, -0.15) is 15.0 Å². The Balaban J connectivity index is 0.00000289. The topological polar surface area (TPSA) is 89.5 Å². The van der Waals surface area contributed by atoms with Gasteiger partial charge in [0.1, 0.15) is 23.8 Å². The average molecular weight is 565 g/mol. The number of nitrogens with zero attached hydrogens (tertiary/aromatic N) is 4. The smallest absolute Gasteiger partial charge is 0.306 e. The van der Waals surface area contributed by atoms with Gasteiger partial charge in [0.05, 0.1) is 22.3 Å².